The van der Waals surface area contributed by atoms with Gasteiger partial charge in [0.2, 0.25) is 0 Å². The van der Waals surface area contributed by atoms with Crippen molar-refractivity contribution in [2.45, 2.75) is 26.5 Å². The first kappa shape index (κ1) is 13.5. The number of aromatic hydroxyl groups is 1. The van der Waals surface area contributed by atoms with Gasteiger partial charge in [-0.15, -0.1) is 0 Å². The highest BCUT2D eigenvalue weighted by Crippen LogP contribution is 2.29. The molecule has 1 aromatic carbocycles. The lowest BCUT2D eigenvalue weighted by molar-refractivity contribution is 0.195. The quantitative estimate of drug-likeness (QED) is 0.888. The second kappa shape index (κ2) is 5.36. The van der Waals surface area contributed by atoms with E-state index in [0.717, 1.165) is 17.2 Å². The normalized spacial score (nSPS) is 12.4. The third-order valence-electron chi connectivity index (χ3n) is 3.09. The smallest absolute Gasteiger partial charge is 0.123 e. The van der Waals surface area contributed by atoms with Crippen LogP contribution in [-0.4, -0.2) is 17.3 Å². The van der Waals surface area contributed by atoms with Crippen LogP contribution < -0.4 is 4.90 Å². The number of aliphatic hydroxyl groups is 1. The van der Waals surface area contributed by atoms with Gasteiger partial charge in [0.05, 0.1) is 12.6 Å². The molecule has 2 rings (SSSR count). The molecule has 0 amide bonds. The fourth-order valence-corrected chi connectivity index (χ4v) is 2.02. The minimum atomic E-state index is -0.674. The molecule has 0 aliphatic rings. The van der Waals surface area contributed by atoms with E-state index in [-0.39, 0.29) is 5.75 Å². The highest BCUT2D eigenvalue weighted by atomic mass is 16.3. The van der Waals surface area contributed by atoms with E-state index in [9.17, 15) is 10.2 Å². The molecule has 0 spiro atoms. The summed E-state index contributed by atoms with van der Waals surface area (Å²) in [5.74, 6) is 1.87. The van der Waals surface area contributed by atoms with Crippen LogP contribution in [0.1, 0.15) is 30.1 Å². The second-order valence-corrected chi connectivity index (χ2v) is 4.79. The minimum absolute atomic E-state index is 0.106. The highest BCUT2D eigenvalue weighted by Gasteiger charge is 2.11. The molecule has 4 nitrogen and oxygen atoms in total. The van der Waals surface area contributed by atoms with Crippen molar-refractivity contribution in [1.29, 1.82) is 0 Å². The summed E-state index contributed by atoms with van der Waals surface area (Å²) < 4.78 is 5.52. The molecule has 0 fully saturated rings. The van der Waals surface area contributed by atoms with Gasteiger partial charge in [0.25, 0.3) is 0 Å². The van der Waals surface area contributed by atoms with E-state index in [1.165, 1.54) is 0 Å². The van der Waals surface area contributed by atoms with Crippen molar-refractivity contribution in [2.75, 3.05) is 11.9 Å². The van der Waals surface area contributed by atoms with Crippen LogP contribution in [0.5, 0.6) is 5.75 Å². The fraction of sp³-hybridized carbons (Fsp3) is 0.333. The van der Waals surface area contributed by atoms with Crippen LogP contribution >= 0.6 is 0 Å². The summed E-state index contributed by atoms with van der Waals surface area (Å²) in [6, 6.07) is 9.13. The number of nitrogens with zero attached hydrogens (tertiary/aromatic N) is 1. The Bertz CT molecular complexity index is 560. The number of phenolic OH excluding ortho intramolecular Hbond substituents is 1. The maximum atomic E-state index is 9.87. The molecule has 0 radical (unpaired) electrons. The topological polar surface area (TPSA) is 56.8 Å². The van der Waals surface area contributed by atoms with Gasteiger partial charge in [0.1, 0.15) is 17.3 Å². The first-order chi connectivity index (χ1) is 8.97. The number of benzene rings is 1. The Morgan fingerprint density at radius 2 is 2.00 bits per heavy atom. The Hall–Kier alpha value is -1.94. The van der Waals surface area contributed by atoms with Gasteiger partial charge in [-0.2, -0.15) is 0 Å². The van der Waals surface area contributed by atoms with E-state index in [4.69, 9.17) is 4.42 Å². The van der Waals surface area contributed by atoms with Crippen molar-refractivity contribution in [2.24, 2.45) is 0 Å². The second-order valence-electron chi connectivity index (χ2n) is 4.79. The van der Waals surface area contributed by atoms with Gasteiger partial charge in [-0.1, -0.05) is 6.07 Å². The molecule has 19 heavy (non-hydrogen) atoms. The van der Waals surface area contributed by atoms with Gasteiger partial charge >= 0.3 is 0 Å². The Kier molecular flexibility index (Phi) is 3.81. The van der Waals surface area contributed by atoms with Crippen LogP contribution in [0, 0.1) is 6.92 Å². The standard InChI is InChI=1S/C15H19NO3/c1-10-4-6-13(19-10)9-16(3)12-5-7-14(11(2)17)15(18)8-12/h4-8,11,17-18H,9H2,1-3H3. The molecule has 0 aliphatic carbocycles. The Morgan fingerprint density at radius 3 is 2.53 bits per heavy atom. The molecular formula is C15H19NO3. The van der Waals surface area contributed by atoms with Crippen molar-refractivity contribution in [3.63, 3.8) is 0 Å². The first-order valence-electron chi connectivity index (χ1n) is 6.25. The van der Waals surface area contributed by atoms with Crippen LogP contribution in [0.3, 0.4) is 0 Å². The number of phenols is 1. The van der Waals surface area contributed by atoms with E-state index in [2.05, 4.69) is 0 Å². The average molecular weight is 261 g/mol. The van der Waals surface area contributed by atoms with Gasteiger partial charge in [-0.05, 0) is 32.0 Å². The lowest BCUT2D eigenvalue weighted by atomic mass is 10.1. The van der Waals surface area contributed by atoms with E-state index < -0.39 is 6.10 Å². The van der Waals surface area contributed by atoms with Crippen LogP contribution in [-0.2, 0) is 6.54 Å². The summed E-state index contributed by atoms with van der Waals surface area (Å²) in [6.45, 7) is 4.16. The lowest BCUT2D eigenvalue weighted by Crippen LogP contribution is -2.15. The zero-order chi connectivity index (χ0) is 14.0. The number of hydrogen-bond donors (Lipinski definition) is 2. The average Bonchev–Trinajstić information content (AvgIpc) is 2.74. The van der Waals surface area contributed by atoms with E-state index in [1.54, 1.807) is 19.1 Å². The van der Waals surface area contributed by atoms with Gasteiger partial charge in [-0.3, -0.25) is 0 Å². The zero-order valence-electron chi connectivity index (χ0n) is 11.4. The predicted octanol–water partition coefficient (Wildman–Crippen LogP) is 2.98. The molecule has 0 bridgehead atoms. The Labute approximate surface area is 112 Å². The van der Waals surface area contributed by atoms with Crippen molar-refractivity contribution in [3.8, 4) is 5.75 Å². The summed E-state index contributed by atoms with van der Waals surface area (Å²) in [6.07, 6.45) is -0.674. The summed E-state index contributed by atoms with van der Waals surface area (Å²) in [4.78, 5) is 1.98. The van der Waals surface area contributed by atoms with Crippen LogP contribution in [0.2, 0.25) is 0 Å². The largest absolute Gasteiger partial charge is 0.507 e. The lowest BCUT2D eigenvalue weighted by Gasteiger charge is -2.19. The van der Waals surface area contributed by atoms with E-state index >= 15 is 0 Å². The molecule has 4 heteroatoms. The maximum Gasteiger partial charge on any atom is 0.123 e. The third-order valence-corrected chi connectivity index (χ3v) is 3.09. The SMILES string of the molecule is Cc1ccc(CN(C)c2ccc(C(C)O)c(O)c2)o1. The van der Waals surface area contributed by atoms with Gasteiger partial charge in [-0.25, -0.2) is 0 Å². The molecule has 2 N–H and O–H groups in total. The van der Waals surface area contributed by atoms with Crippen molar-refractivity contribution < 1.29 is 14.6 Å². The number of furan rings is 1. The molecule has 2 aromatic rings. The van der Waals surface area contributed by atoms with Crippen LogP contribution in [0.15, 0.2) is 34.7 Å². The van der Waals surface area contributed by atoms with Crippen molar-refractivity contribution in [1.82, 2.24) is 0 Å². The number of aliphatic hydroxyl groups excluding tert-OH is 1. The Morgan fingerprint density at radius 1 is 1.26 bits per heavy atom. The summed E-state index contributed by atoms with van der Waals surface area (Å²) >= 11 is 0. The maximum absolute atomic E-state index is 9.87. The van der Waals surface area contributed by atoms with Crippen molar-refractivity contribution >= 4 is 5.69 Å². The molecular weight excluding hydrogens is 242 g/mol. The van der Waals surface area contributed by atoms with Crippen LogP contribution in [0.4, 0.5) is 5.69 Å². The Balaban J connectivity index is 2.15. The van der Waals surface area contributed by atoms with E-state index in [1.807, 2.05) is 37.1 Å². The number of anilines is 1. The molecule has 102 valence electrons. The number of aryl methyl sites for hydroxylation is 1. The molecule has 1 aromatic heterocycles. The predicted molar refractivity (Wildman–Crippen MR) is 74.3 cm³/mol. The summed E-state index contributed by atoms with van der Waals surface area (Å²) in [7, 11) is 1.93. The molecule has 1 unspecified atom stereocenters. The zero-order valence-corrected chi connectivity index (χ0v) is 11.4. The highest BCUT2D eigenvalue weighted by molar-refractivity contribution is 5.53. The minimum Gasteiger partial charge on any atom is -0.507 e. The number of rotatable bonds is 4. The molecule has 1 heterocycles. The molecule has 1 atom stereocenters. The molecule has 0 saturated carbocycles. The van der Waals surface area contributed by atoms with Gasteiger partial charge < -0.3 is 19.5 Å². The summed E-state index contributed by atoms with van der Waals surface area (Å²) in [5.41, 5.74) is 1.40. The van der Waals surface area contributed by atoms with Crippen LogP contribution in [0.25, 0.3) is 0 Å². The first-order valence-corrected chi connectivity index (χ1v) is 6.25. The number of hydrogen-bond acceptors (Lipinski definition) is 4. The third kappa shape index (κ3) is 3.09. The monoisotopic (exact) mass is 261 g/mol. The molecule has 0 saturated heterocycles. The van der Waals surface area contributed by atoms with E-state index in [0.29, 0.717) is 12.1 Å². The van der Waals surface area contributed by atoms with Gasteiger partial charge in [0, 0.05) is 24.4 Å². The van der Waals surface area contributed by atoms with Gasteiger partial charge in [0.15, 0.2) is 0 Å². The fourth-order valence-electron chi connectivity index (χ4n) is 2.02. The van der Waals surface area contributed by atoms with Crippen molar-refractivity contribution in [3.05, 3.63) is 47.4 Å². The summed E-state index contributed by atoms with van der Waals surface area (Å²) in [5, 5.41) is 19.4. The molecule has 0 aliphatic heterocycles.